The van der Waals surface area contributed by atoms with Crippen molar-refractivity contribution in [3.05, 3.63) is 67.0 Å². The maximum absolute atomic E-state index is 11.8. The fourth-order valence-electron chi connectivity index (χ4n) is 4.42. The van der Waals surface area contributed by atoms with Crippen LogP contribution in [-0.4, -0.2) is 30.0 Å². The Labute approximate surface area is 231 Å². The molecule has 0 saturated carbocycles. The van der Waals surface area contributed by atoms with Gasteiger partial charge in [-0.05, 0) is 129 Å². The van der Waals surface area contributed by atoms with Crippen molar-refractivity contribution in [1.82, 2.24) is 5.32 Å². The molecule has 1 unspecified atom stereocenters. The quantitative estimate of drug-likeness (QED) is 0.273. The second-order valence-corrected chi connectivity index (χ2v) is 11.9. The van der Waals surface area contributed by atoms with Crippen LogP contribution in [0.4, 0.5) is 4.79 Å². The van der Waals surface area contributed by atoms with E-state index in [0.717, 1.165) is 62.8 Å². The average Bonchev–Trinajstić information content (AvgIpc) is 3.15. The number of benzene rings is 2. The molecule has 6 nitrogen and oxygen atoms in total. The molecule has 37 heavy (non-hydrogen) atoms. The van der Waals surface area contributed by atoms with Crippen LogP contribution in [0.25, 0.3) is 6.08 Å². The highest BCUT2D eigenvalue weighted by Gasteiger charge is 2.36. The first-order valence-corrected chi connectivity index (χ1v) is 13.8. The van der Waals surface area contributed by atoms with Crippen molar-refractivity contribution in [2.24, 2.45) is 0 Å². The minimum absolute atomic E-state index is 0.356. The van der Waals surface area contributed by atoms with Crippen LogP contribution in [0, 0.1) is 20.8 Å². The van der Waals surface area contributed by atoms with Crippen LogP contribution in [0.1, 0.15) is 55.0 Å². The molecule has 1 atom stereocenters. The van der Waals surface area contributed by atoms with Crippen LogP contribution in [0.5, 0.6) is 17.2 Å². The Bertz CT molecular complexity index is 1330. The Morgan fingerprint density at radius 3 is 2.57 bits per heavy atom. The summed E-state index contributed by atoms with van der Waals surface area (Å²) in [5, 5.41) is 1.91. The molecule has 2 amide bonds. The first-order valence-electron chi connectivity index (χ1n) is 12.2. The van der Waals surface area contributed by atoms with Crippen LogP contribution in [-0.2, 0) is 11.2 Å². The van der Waals surface area contributed by atoms with Crippen molar-refractivity contribution >= 4 is 44.9 Å². The number of fused-ring (bicyclic) bond motifs is 1. The molecule has 0 aliphatic carbocycles. The molecule has 2 aliphatic heterocycles. The van der Waals surface area contributed by atoms with Gasteiger partial charge < -0.3 is 14.2 Å². The Hall–Kier alpha value is -2.71. The molecule has 0 bridgehead atoms. The summed E-state index contributed by atoms with van der Waals surface area (Å²) in [7, 11) is 0. The standard InChI is InChI=1S/C29H32BrNO5S/c1-16(2)10-12-34-25-17(3)18(4)26-21(19(25)5)9-11-29(6,36-26)15-35-23-8-7-20(13-22(23)30)14-24-27(32)31-28(33)37-24/h7-8,10,13-14H,9,11-12,15H2,1-6H3,(H,31,32,33)/b24-14-. The summed E-state index contributed by atoms with van der Waals surface area (Å²) in [4.78, 5) is 23.6. The normalized spacial score (nSPS) is 19.8. The number of nitrogens with one attached hydrogen (secondary N) is 1. The zero-order valence-electron chi connectivity index (χ0n) is 22.0. The van der Waals surface area contributed by atoms with E-state index >= 15 is 0 Å². The molecule has 1 N–H and O–H groups in total. The Kier molecular flexibility index (Phi) is 8.09. The summed E-state index contributed by atoms with van der Waals surface area (Å²) < 4.78 is 19.7. The summed E-state index contributed by atoms with van der Waals surface area (Å²) in [6.45, 7) is 13.5. The monoisotopic (exact) mass is 585 g/mol. The lowest BCUT2D eigenvalue weighted by atomic mass is 9.87. The van der Waals surface area contributed by atoms with Gasteiger partial charge in [0, 0.05) is 5.56 Å². The van der Waals surface area contributed by atoms with E-state index in [-0.39, 0.29) is 11.1 Å². The first-order chi connectivity index (χ1) is 17.5. The van der Waals surface area contributed by atoms with Gasteiger partial charge in [0.1, 0.15) is 36.1 Å². The third-order valence-corrected chi connectivity index (χ3v) is 8.14. The number of hydrogen-bond acceptors (Lipinski definition) is 6. The summed E-state index contributed by atoms with van der Waals surface area (Å²) >= 11 is 4.47. The second-order valence-electron chi connectivity index (χ2n) is 9.99. The Morgan fingerprint density at radius 1 is 1.16 bits per heavy atom. The van der Waals surface area contributed by atoms with Crippen LogP contribution in [0.2, 0.25) is 0 Å². The largest absolute Gasteiger partial charge is 0.489 e. The summed E-state index contributed by atoms with van der Waals surface area (Å²) in [6.07, 6.45) is 5.48. The second kappa shape index (κ2) is 11.0. The minimum atomic E-state index is -0.486. The molecule has 2 aromatic rings. The Morgan fingerprint density at radius 2 is 1.92 bits per heavy atom. The van der Waals surface area contributed by atoms with E-state index in [1.807, 2.05) is 18.2 Å². The number of hydrogen-bond donors (Lipinski definition) is 1. The maximum atomic E-state index is 11.8. The molecule has 2 aromatic carbocycles. The fraction of sp³-hybridized carbons (Fsp3) is 0.379. The number of imide groups is 1. The van der Waals surface area contributed by atoms with Gasteiger partial charge in [-0.2, -0.15) is 0 Å². The van der Waals surface area contributed by atoms with Gasteiger partial charge in [0.25, 0.3) is 11.1 Å². The van der Waals surface area contributed by atoms with Gasteiger partial charge in [0.05, 0.1) is 9.38 Å². The molecule has 0 spiro atoms. The van der Waals surface area contributed by atoms with Gasteiger partial charge in [-0.15, -0.1) is 0 Å². The topological polar surface area (TPSA) is 73.9 Å². The lowest BCUT2D eigenvalue weighted by Gasteiger charge is -2.38. The molecule has 0 radical (unpaired) electrons. The number of amides is 2. The third-order valence-electron chi connectivity index (χ3n) is 6.71. The van der Waals surface area contributed by atoms with Crippen molar-refractivity contribution in [2.45, 2.75) is 60.0 Å². The smallest absolute Gasteiger partial charge is 0.290 e. The zero-order chi connectivity index (χ0) is 26.9. The van der Waals surface area contributed by atoms with Gasteiger partial charge in [0.2, 0.25) is 0 Å². The SMILES string of the molecule is CC(C)=CCOc1c(C)c(C)c2c(c1C)CCC(C)(COc1ccc(/C=C3\SC(=O)NC3=O)cc1Br)O2. The molecule has 2 heterocycles. The van der Waals surface area contributed by atoms with E-state index in [1.165, 1.54) is 11.1 Å². The predicted molar refractivity (Wildman–Crippen MR) is 152 cm³/mol. The van der Waals surface area contributed by atoms with Crippen LogP contribution in [0.3, 0.4) is 0 Å². The molecular formula is C29H32BrNO5S. The molecular weight excluding hydrogens is 554 g/mol. The van der Waals surface area contributed by atoms with Crippen LogP contribution in [0.15, 0.2) is 39.2 Å². The van der Waals surface area contributed by atoms with Crippen molar-refractivity contribution in [2.75, 3.05) is 13.2 Å². The number of halogens is 1. The highest BCUT2D eigenvalue weighted by atomic mass is 79.9. The predicted octanol–water partition coefficient (Wildman–Crippen LogP) is 7.21. The van der Waals surface area contributed by atoms with Gasteiger partial charge in [-0.3, -0.25) is 14.9 Å². The number of rotatable bonds is 7. The number of allylic oxidation sites excluding steroid dienone is 1. The van der Waals surface area contributed by atoms with E-state index in [2.05, 4.69) is 68.9 Å². The average molecular weight is 587 g/mol. The zero-order valence-corrected chi connectivity index (χ0v) is 24.4. The third kappa shape index (κ3) is 6.07. The highest BCUT2D eigenvalue weighted by Crippen LogP contribution is 2.44. The molecule has 1 saturated heterocycles. The van der Waals surface area contributed by atoms with Crippen LogP contribution >= 0.6 is 27.7 Å². The van der Waals surface area contributed by atoms with Gasteiger partial charge in [-0.1, -0.05) is 11.6 Å². The molecule has 0 aromatic heterocycles. The molecule has 2 aliphatic rings. The molecule has 196 valence electrons. The van der Waals surface area contributed by atoms with Crippen molar-refractivity contribution < 1.29 is 23.8 Å². The lowest BCUT2D eigenvalue weighted by molar-refractivity contribution is -0.115. The van der Waals surface area contributed by atoms with E-state index in [1.54, 1.807) is 6.08 Å². The van der Waals surface area contributed by atoms with Crippen molar-refractivity contribution in [1.29, 1.82) is 0 Å². The highest BCUT2D eigenvalue weighted by molar-refractivity contribution is 9.10. The van der Waals surface area contributed by atoms with E-state index in [0.29, 0.717) is 23.9 Å². The number of carbonyl (C=O) groups excluding carboxylic acids is 2. The first kappa shape index (κ1) is 27.3. The molecule has 4 rings (SSSR count). The van der Waals surface area contributed by atoms with Crippen molar-refractivity contribution in [3.63, 3.8) is 0 Å². The lowest BCUT2D eigenvalue weighted by Crippen LogP contribution is -2.42. The summed E-state index contributed by atoms with van der Waals surface area (Å²) in [6, 6.07) is 5.58. The Balaban J connectivity index is 1.48. The van der Waals surface area contributed by atoms with Crippen LogP contribution < -0.4 is 19.5 Å². The maximum Gasteiger partial charge on any atom is 0.290 e. The van der Waals surface area contributed by atoms with Gasteiger partial charge in [-0.25, -0.2) is 0 Å². The van der Waals surface area contributed by atoms with Crippen molar-refractivity contribution in [3.8, 4) is 17.2 Å². The molecule has 1 fully saturated rings. The van der Waals surface area contributed by atoms with Gasteiger partial charge >= 0.3 is 0 Å². The van der Waals surface area contributed by atoms with E-state index in [9.17, 15) is 9.59 Å². The summed E-state index contributed by atoms with van der Waals surface area (Å²) in [5.74, 6) is 2.20. The van der Waals surface area contributed by atoms with Gasteiger partial charge in [0.15, 0.2) is 0 Å². The number of carbonyl (C=O) groups is 2. The molecule has 8 heteroatoms. The number of thioether (sulfide) groups is 1. The van der Waals surface area contributed by atoms with E-state index in [4.69, 9.17) is 14.2 Å². The minimum Gasteiger partial charge on any atom is -0.489 e. The summed E-state index contributed by atoms with van der Waals surface area (Å²) in [5.41, 5.74) is 6.10. The number of ether oxygens (including phenoxy) is 3. The fourth-order valence-corrected chi connectivity index (χ4v) is 5.61. The van der Waals surface area contributed by atoms with E-state index < -0.39 is 5.60 Å².